The second kappa shape index (κ2) is 4.96. The molecule has 22 heavy (non-hydrogen) atoms. The highest BCUT2D eigenvalue weighted by Crippen LogP contribution is 2.52. The fourth-order valence-corrected chi connectivity index (χ4v) is 3.28. The maximum absolute atomic E-state index is 8.65. The smallest absolute Gasteiger partial charge is 0.174 e. The summed E-state index contributed by atoms with van der Waals surface area (Å²) in [5.74, 6) is 2.68. The molecule has 0 aromatic heterocycles. The minimum absolute atomic E-state index is 0.00938. The first kappa shape index (κ1) is 13.0. The highest BCUT2D eigenvalue weighted by atomic mass is 16.5. The van der Waals surface area contributed by atoms with Gasteiger partial charge in [-0.05, 0) is 25.1 Å². The monoisotopic (exact) mass is 293 g/mol. The highest BCUT2D eigenvalue weighted by Gasteiger charge is 2.41. The van der Waals surface area contributed by atoms with E-state index in [1.807, 2.05) is 43.3 Å². The summed E-state index contributed by atoms with van der Waals surface area (Å²) in [6.07, 6.45) is -0.00938. The largest absolute Gasteiger partial charge is 0.492 e. The summed E-state index contributed by atoms with van der Waals surface area (Å²) < 4.78 is 17.6. The first-order chi connectivity index (χ1) is 10.8. The Morgan fingerprint density at radius 3 is 2.95 bits per heavy atom. The fraction of sp³-hybridized carbons (Fsp3) is 0.278. The maximum atomic E-state index is 8.65. The molecule has 0 saturated heterocycles. The second-order valence-electron chi connectivity index (χ2n) is 5.55. The van der Waals surface area contributed by atoms with Crippen LogP contribution in [0.4, 0.5) is 0 Å². The lowest BCUT2D eigenvalue weighted by Crippen LogP contribution is -2.23. The van der Waals surface area contributed by atoms with Crippen LogP contribution in [0.3, 0.4) is 0 Å². The van der Waals surface area contributed by atoms with Crippen LogP contribution in [0.2, 0.25) is 0 Å². The molecule has 2 aliphatic rings. The lowest BCUT2D eigenvalue weighted by atomic mass is 9.88. The van der Waals surface area contributed by atoms with E-state index in [1.165, 1.54) is 5.56 Å². The predicted octanol–water partition coefficient (Wildman–Crippen LogP) is 3.51. The number of para-hydroxylation sites is 1. The Hall–Kier alpha value is -2.67. The number of rotatable bonds is 2. The van der Waals surface area contributed by atoms with E-state index < -0.39 is 0 Å². The molecule has 2 heterocycles. The van der Waals surface area contributed by atoms with Gasteiger partial charge in [0, 0.05) is 16.7 Å². The fourth-order valence-electron chi connectivity index (χ4n) is 3.28. The standard InChI is InChI=1S/C18H15NO3/c1-11-15(20-9-8-19)7-6-13-17(11)21-10-14-12-4-2-3-5-16(12)22-18(13)14/h2-7,14,18H,9-10H2,1H3. The van der Waals surface area contributed by atoms with Gasteiger partial charge in [-0.2, -0.15) is 5.26 Å². The predicted molar refractivity (Wildman–Crippen MR) is 80.3 cm³/mol. The number of ether oxygens (including phenoxy) is 3. The van der Waals surface area contributed by atoms with Gasteiger partial charge in [-0.25, -0.2) is 0 Å². The van der Waals surface area contributed by atoms with Crippen molar-refractivity contribution in [3.8, 4) is 23.3 Å². The summed E-state index contributed by atoms with van der Waals surface area (Å²) in [6.45, 7) is 2.58. The molecule has 0 spiro atoms. The van der Waals surface area contributed by atoms with Crippen molar-refractivity contribution in [2.24, 2.45) is 0 Å². The summed E-state index contributed by atoms with van der Waals surface area (Å²) in [6, 6.07) is 14.0. The van der Waals surface area contributed by atoms with E-state index in [1.54, 1.807) is 0 Å². The van der Waals surface area contributed by atoms with Gasteiger partial charge in [0.25, 0.3) is 0 Å². The van der Waals surface area contributed by atoms with E-state index in [4.69, 9.17) is 19.5 Å². The normalized spacial score (nSPS) is 20.7. The molecular weight excluding hydrogens is 278 g/mol. The lowest BCUT2D eigenvalue weighted by molar-refractivity contribution is 0.138. The maximum Gasteiger partial charge on any atom is 0.174 e. The van der Waals surface area contributed by atoms with Crippen molar-refractivity contribution in [3.63, 3.8) is 0 Å². The van der Waals surface area contributed by atoms with Gasteiger partial charge in [0.05, 0.1) is 12.5 Å². The molecule has 0 fully saturated rings. The van der Waals surface area contributed by atoms with Crippen molar-refractivity contribution in [2.45, 2.75) is 18.9 Å². The zero-order valence-electron chi connectivity index (χ0n) is 12.2. The molecule has 0 aliphatic carbocycles. The summed E-state index contributed by atoms with van der Waals surface area (Å²) in [5.41, 5.74) is 3.18. The van der Waals surface area contributed by atoms with Crippen molar-refractivity contribution < 1.29 is 14.2 Å². The van der Waals surface area contributed by atoms with Crippen molar-refractivity contribution >= 4 is 0 Å². The molecule has 2 aliphatic heterocycles. The minimum Gasteiger partial charge on any atom is -0.492 e. The van der Waals surface area contributed by atoms with E-state index in [9.17, 15) is 0 Å². The summed E-state index contributed by atoms with van der Waals surface area (Å²) in [7, 11) is 0. The quantitative estimate of drug-likeness (QED) is 0.850. The second-order valence-corrected chi connectivity index (χ2v) is 5.55. The Kier molecular flexibility index (Phi) is 2.93. The van der Waals surface area contributed by atoms with Crippen molar-refractivity contribution in [2.75, 3.05) is 13.2 Å². The number of fused-ring (bicyclic) bond motifs is 5. The van der Waals surface area contributed by atoms with Crippen LogP contribution in [0.1, 0.15) is 28.7 Å². The molecule has 110 valence electrons. The first-order valence-corrected chi connectivity index (χ1v) is 7.31. The van der Waals surface area contributed by atoms with Gasteiger partial charge in [-0.15, -0.1) is 0 Å². The molecule has 0 saturated carbocycles. The summed E-state index contributed by atoms with van der Waals surface area (Å²) >= 11 is 0. The summed E-state index contributed by atoms with van der Waals surface area (Å²) in [5, 5.41) is 8.65. The van der Waals surface area contributed by atoms with Gasteiger partial charge in [-0.1, -0.05) is 18.2 Å². The zero-order valence-corrected chi connectivity index (χ0v) is 12.2. The van der Waals surface area contributed by atoms with E-state index >= 15 is 0 Å². The molecular formula is C18H15NO3. The zero-order chi connectivity index (χ0) is 15.1. The van der Waals surface area contributed by atoms with Gasteiger partial charge >= 0.3 is 0 Å². The van der Waals surface area contributed by atoms with Gasteiger partial charge < -0.3 is 14.2 Å². The Labute approximate surface area is 128 Å². The van der Waals surface area contributed by atoms with E-state index in [-0.39, 0.29) is 18.6 Å². The molecule has 4 rings (SSSR count). The van der Waals surface area contributed by atoms with E-state index in [0.717, 1.165) is 22.6 Å². The van der Waals surface area contributed by atoms with E-state index in [2.05, 4.69) is 6.07 Å². The first-order valence-electron chi connectivity index (χ1n) is 7.31. The van der Waals surface area contributed by atoms with E-state index in [0.29, 0.717) is 12.4 Å². The number of benzene rings is 2. The number of nitriles is 1. The molecule has 4 nitrogen and oxygen atoms in total. The third-order valence-electron chi connectivity index (χ3n) is 4.33. The van der Waals surface area contributed by atoms with Crippen LogP contribution in [0.25, 0.3) is 0 Å². The van der Waals surface area contributed by atoms with Gasteiger partial charge in [0.2, 0.25) is 0 Å². The molecule has 0 radical (unpaired) electrons. The third-order valence-corrected chi connectivity index (χ3v) is 4.33. The van der Waals surface area contributed by atoms with Crippen molar-refractivity contribution in [1.29, 1.82) is 5.26 Å². The Balaban J connectivity index is 1.73. The average Bonchev–Trinajstić information content (AvgIpc) is 2.93. The van der Waals surface area contributed by atoms with Crippen molar-refractivity contribution in [1.82, 2.24) is 0 Å². The summed E-state index contributed by atoms with van der Waals surface area (Å²) in [4.78, 5) is 0. The topological polar surface area (TPSA) is 51.5 Å². The highest BCUT2D eigenvalue weighted by molar-refractivity contribution is 5.55. The Morgan fingerprint density at radius 1 is 1.23 bits per heavy atom. The minimum atomic E-state index is -0.00938. The van der Waals surface area contributed by atoms with Crippen LogP contribution in [0.5, 0.6) is 17.2 Å². The molecule has 4 heteroatoms. The van der Waals surface area contributed by atoms with Gasteiger partial charge in [0.1, 0.15) is 29.4 Å². The Bertz CT molecular complexity index is 778. The van der Waals surface area contributed by atoms with Gasteiger partial charge in [0.15, 0.2) is 6.61 Å². The van der Waals surface area contributed by atoms with Crippen LogP contribution >= 0.6 is 0 Å². The van der Waals surface area contributed by atoms with Crippen LogP contribution in [0, 0.1) is 18.3 Å². The van der Waals surface area contributed by atoms with Crippen LogP contribution in [-0.2, 0) is 0 Å². The molecule has 0 bridgehead atoms. The third kappa shape index (κ3) is 1.82. The van der Waals surface area contributed by atoms with Crippen LogP contribution in [0.15, 0.2) is 36.4 Å². The molecule has 0 N–H and O–H groups in total. The lowest BCUT2D eigenvalue weighted by Gasteiger charge is -2.29. The van der Waals surface area contributed by atoms with Crippen LogP contribution in [-0.4, -0.2) is 13.2 Å². The average molecular weight is 293 g/mol. The van der Waals surface area contributed by atoms with Crippen molar-refractivity contribution in [3.05, 3.63) is 53.1 Å². The van der Waals surface area contributed by atoms with Gasteiger partial charge in [-0.3, -0.25) is 0 Å². The molecule has 2 unspecified atom stereocenters. The van der Waals surface area contributed by atoms with Crippen LogP contribution < -0.4 is 14.2 Å². The Morgan fingerprint density at radius 2 is 2.09 bits per heavy atom. The number of hydrogen-bond acceptors (Lipinski definition) is 4. The molecule has 2 aromatic rings. The number of nitrogens with zero attached hydrogens (tertiary/aromatic N) is 1. The SMILES string of the molecule is Cc1c(OCC#N)ccc2c1OCC1c3ccccc3OC21. The number of hydrogen-bond donors (Lipinski definition) is 0. The molecule has 0 amide bonds. The molecule has 2 aromatic carbocycles. The molecule has 2 atom stereocenters.